The Morgan fingerprint density at radius 3 is 2.78 bits per heavy atom. The minimum absolute atomic E-state index is 0.226. The summed E-state index contributed by atoms with van der Waals surface area (Å²) in [4.78, 5) is 0. The molecule has 100 valence electrons. The standard InChI is InChI=1S/C13H18BrNO2S/c1-10(12-4-2-3-5-13(12)14)15-8-11-6-7-18(16,17)9-11/h2-5,10-11,15H,6-9H2,1H3. The van der Waals surface area contributed by atoms with E-state index in [9.17, 15) is 8.42 Å². The zero-order chi connectivity index (χ0) is 13.2. The fraction of sp³-hybridized carbons (Fsp3) is 0.538. The fourth-order valence-corrected chi connectivity index (χ4v) is 4.80. The molecular formula is C13H18BrNO2S. The Labute approximate surface area is 117 Å². The molecule has 1 saturated heterocycles. The van der Waals surface area contributed by atoms with E-state index < -0.39 is 9.84 Å². The van der Waals surface area contributed by atoms with E-state index >= 15 is 0 Å². The summed E-state index contributed by atoms with van der Waals surface area (Å²) in [5, 5.41) is 3.42. The number of benzene rings is 1. The molecule has 2 rings (SSSR count). The van der Waals surface area contributed by atoms with Gasteiger partial charge in [-0.3, -0.25) is 0 Å². The molecular weight excluding hydrogens is 314 g/mol. The van der Waals surface area contributed by atoms with Gasteiger partial charge in [-0.15, -0.1) is 0 Å². The third-order valence-corrected chi connectivity index (χ3v) is 5.97. The Hall–Kier alpha value is -0.390. The topological polar surface area (TPSA) is 46.2 Å². The second-order valence-electron chi connectivity index (χ2n) is 4.92. The fourth-order valence-electron chi connectivity index (χ4n) is 2.31. The second kappa shape index (κ2) is 5.72. The SMILES string of the molecule is CC(NCC1CCS(=O)(=O)C1)c1ccccc1Br. The molecule has 2 unspecified atom stereocenters. The van der Waals surface area contributed by atoms with Crippen LogP contribution in [0.4, 0.5) is 0 Å². The molecule has 1 heterocycles. The summed E-state index contributed by atoms with van der Waals surface area (Å²) in [5.74, 6) is 0.950. The Balaban J connectivity index is 1.90. The minimum Gasteiger partial charge on any atom is -0.310 e. The van der Waals surface area contributed by atoms with E-state index in [1.54, 1.807) is 0 Å². The predicted octanol–water partition coefficient (Wildman–Crippen LogP) is 2.53. The van der Waals surface area contributed by atoms with Crippen molar-refractivity contribution >= 4 is 25.8 Å². The maximum Gasteiger partial charge on any atom is 0.150 e. The molecule has 0 spiro atoms. The summed E-state index contributed by atoms with van der Waals surface area (Å²) in [6.45, 7) is 2.87. The Bertz CT molecular complexity index is 515. The number of sulfone groups is 1. The zero-order valence-corrected chi connectivity index (χ0v) is 12.8. The van der Waals surface area contributed by atoms with Gasteiger partial charge in [-0.05, 0) is 37.4 Å². The lowest BCUT2D eigenvalue weighted by molar-refractivity contribution is 0.475. The first-order valence-corrected chi connectivity index (χ1v) is 8.77. The predicted molar refractivity (Wildman–Crippen MR) is 77.3 cm³/mol. The molecule has 0 bridgehead atoms. The van der Waals surface area contributed by atoms with Crippen LogP contribution in [0.3, 0.4) is 0 Å². The van der Waals surface area contributed by atoms with Crippen LogP contribution in [-0.2, 0) is 9.84 Å². The van der Waals surface area contributed by atoms with Crippen molar-refractivity contribution in [2.24, 2.45) is 5.92 Å². The Morgan fingerprint density at radius 1 is 1.44 bits per heavy atom. The van der Waals surface area contributed by atoms with Gasteiger partial charge in [0.15, 0.2) is 9.84 Å². The van der Waals surface area contributed by atoms with E-state index in [0.717, 1.165) is 17.4 Å². The number of hydrogen-bond donors (Lipinski definition) is 1. The molecule has 0 aliphatic carbocycles. The van der Waals surface area contributed by atoms with Gasteiger partial charge in [0.1, 0.15) is 0 Å². The first kappa shape index (κ1) is 14.0. The van der Waals surface area contributed by atoms with Crippen LogP contribution in [0.15, 0.2) is 28.7 Å². The van der Waals surface area contributed by atoms with Gasteiger partial charge in [0.2, 0.25) is 0 Å². The van der Waals surface area contributed by atoms with Crippen LogP contribution in [0.2, 0.25) is 0 Å². The normalized spacial score (nSPS) is 24.0. The summed E-state index contributed by atoms with van der Waals surface area (Å²) in [5.41, 5.74) is 1.21. The largest absolute Gasteiger partial charge is 0.310 e. The monoisotopic (exact) mass is 331 g/mol. The summed E-state index contributed by atoms with van der Waals surface area (Å²) in [7, 11) is -2.77. The van der Waals surface area contributed by atoms with Crippen LogP contribution >= 0.6 is 15.9 Å². The number of hydrogen-bond acceptors (Lipinski definition) is 3. The third-order valence-electron chi connectivity index (χ3n) is 3.41. The van der Waals surface area contributed by atoms with Crippen molar-refractivity contribution in [2.75, 3.05) is 18.1 Å². The number of halogens is 1. The highest BCUT2D eigenvalue weighted by Crippen LogP contribution is 2.24. The molecule has 1 aliphatic rings. The smallest absolute Gasteiger partial charge is 0.150 e. The molecule has 0 amide bonds. The average Bonchev–Trinajstić information content (AvgIpc) is 2.66. The van der Waals surface area contributed by atoms with Crippen molar-refractivity contribution in [1.29, 1.82) is 0 Å². The van der Waals surface area contributed by atoms with E-state index in [-0.39, 0.29) is 12.0 Å². The molecule has 3 nitrogen and oxygen atoms in total. The maximum absolute atomic E-state index is 11.4. The van der Waals surface area contributed by atoms with Crippen LogP contribution in [0.5, 0.6) is 0 Å². The third kappa shape index (κ3) is 3.56. The average molecular weight is 332 g/mol. The van der Waals surface area contributed by atoms with E-state index in [4.69, 9.17) is 0 Å². The maximum atomic E-state index is 11.4. The summed E-state index contributed by atoms with van der Waals surface area (Å²) >= 11 is 3.53. The van der Waals surface area contributed by atoms with Crippen molar-refractivity contribution in [3.63, 3.8) is 0 Å². The van der Waals surface area contributed by atoms with Gasteiger partial charge >= 0.3 is 0 Å². The molecule has 1 aliphatic heterocycles. The summed E-state index contributed by atoms with van der Waals surface area (Å²) in [6, 6.07) is 8.33. The van der Waals surface area contributed by atoms with E-state index in [2.05, 4.69) is 34.2 Å². The first-order valence-electron chi connectivity index (χ1n) is 6.16. The molecule has 0 radical (unpaired) electrons. The molecule has 2 atom stereocenters. The lowest BCUT2D eigenvalue weighted by atomic mass is 10.1. The van der Waals surface area contributed by atoms with Crippen molar-refractivity contribution in [3.8, 4) is 0 Å². The lowest BCUT2D eigenvalue weighted by Crippen LogP contribution is -2.26. The molecule has 1 N–H and O–H groups in total. The van der Waals surface area contributed by atoms with Gasteiger partial charge in [-0.1, -0.05) is 34.1 Å². The van der Waals surface area contributed by atoms with Gasteiger partial charge < -0.3 is 5.32 Å². The van der Waals surface area contributed by atoms with E-state index in [1.807, 2.05) is 18.2 Å². The number of nitrogens with one attached hydrogen (secondary N) is 1. The first-order chi connectivity index (χ1) is 8.48. The lowest BCUT2D eigenvalue weighted by Gasteiger charge is -2.18. The highest BCUT2D eigenvalue weighted by atomic mass is 79.9. The van der Waals surface area contributed by atoms with Crippen molar-refractivity contribution in [3.05, 3.63) is 34.3 Å². The molecule has 0 aromatic heterocycles. The Kier molecular flexibility index (Phi) is 4.45. The Morgan fingerprint density at radius 2 is 2.17 bits per heavy atom. The van der Waals surface area contributed by atoms with Crippen LogP contribution < -0.4 is 5.32 Å². The van der Waals surface area contributed by atoms with Crippen LogP contribution in [0, 0.1) is 5.92 Å². The van der Waals surface area contributed by atoms with Gasteiger partial charge in [0.05, 0.1) is 11.5 Å². The van der Waals surface area contributed by atoms with Gasteiger partial charge in [0.25, 0.3) is 0 Å². The summed E-state index contributed by atoms with van der Waals surface area (Å²) in [6.07, 6.45) is 0.790. The molecule has 1 aromatic rings. The minimum atomic E-state index is -2.77. The van der Waals surface area contributed by atoms with Crippen molar-refractivity contribution in [2.45, 2.75) is 19.4 Å². The van der Waals surface area contributed by atoms with Crippen LogP contribution in [0.25, 0.3) is 0 Å². The summed E-state index contributed by atoms with van der Waals surface area (Å²) < 4.78 is 23.8. The molecule has 1 fully saturated rings. The van der Waals surface area contributed by atoms with E-state index in [1.165, 1.54) is 5.56 Å². The van der Waals surface area contributed by atoms with Crippen molar-refractivity contribution < 1.29 is 8.42 Å². The quantitative estimate of drug-likeness (QED) is 0.922. The van der Waals surface area contributed by atoms with Crippen LogP contribution in [-0.4, -0.2) is 26.5 Å². The molecule has 5 heteroatoms. The van der Waals surface area contributed by atoms with Gasteiger partial charge in [-0.2, -0.15) is 0 Å². The second-order valence-corrected chi connectivity index (χ2v) is 8.00. The number of rotatable bonds is 4. The van der Waals surface area contributed by atoms with Gasteiger partial charge in [-0.25, -0.2) is 8.42 Å². The van der Waals surface area contributed by atoms with Gasteiger partial charge in [0, 0.05) is 10.5 Å². The molecule has 0 saturated carbocycles. The zero-order valence-electron chi connectivity index (χ0n) is 10.4. The molecule has 18 heavy (non-hydrogen) atoms. The van der Waals surface area contributed by atoms with Crippen LogP contribution in [0.1, 0.15) is 24.9 Å². The highest BCUT2D eigenvalue weighted by Gasteiger charge is 2.27. The van der Waals surface area contributed by atoms with E-state index in [0.29, 0.717) is 11.5 Å². The van der Waals surface area contributed by atoms with Crippen molar-refractivity contribution in [1.82, 2.24) is 5.32 Å². The molecule has 1 aromatic carbocycles. The highest BCUT2D eigenvalue weighted by molar-refractivity contribution is 9.10.